The highest BCUT2D eigenvalue weighted by atomic mass is 32.2. The SMILES string of the molecule is CC1S[C@H](C)N(S(=O)(=O)c2ccccc2)[C@@H]1C(=O)N[C@@H](CNC(=O)NCc1ccccc1)C(=O)O. The van der Waals surface area contributed by atoms with Crippen molar-refractivity contribution in [1.29, 1.82) is 0 Å². The second kappa shape index (κ2) is 11.6. The molecular weight excluding hydrogens is 492 g/mol. The fraction of sp³-hybridized carbons (Fsp3) is 0.348. The fourth-order valence-electron chi connectivity index (χ4n) is 3.76. The molecule has 0 aromatic heterocycles. The summed E-state index contributed by atoms with van der Waals surface area (Å²) in [4.78, 5) is 37.1. The lowest BCUT2D eigenvalue weighted by atomic mass is 10.2. The lowest BCUT2D eigenvalue weighted by Crippen LogP contribution is -2.57. The number of rotatable bonds is 9. The summed E-state index contributed by atoms with van der Waals surface area (Å²) in [5, 5.41) is 16.1. The number of hydrogen-bond donors (Lipinski definition) is 4. The fourth-order valence-corrected chi connectivity index (χ4v) is 7.31. The Morgan fingerprint density at radius 3 is 2.20 bits per heavy atom. The van der Waals surface area contributed by atoms with E-state index in [4.69, 9.17) is 0 Å². The van der Waals surface area contributed by atoms with Gasteiger partial charge in [-0.2, -0.15) is 4.31 Å². The maximum Gasteiger partial charge on any atom is 0.328 e. The van der Waals surface area contributed by atoms with Crippen LogP contribution in [0.5, 0.6) is 0 Å². The normalized spacial score (nSPS) is 21.1. The molecular formula is C23H28N4O6S2. The molecule has 0 aliphatic carbocycles. The molecule has 0 spiro atoms. The van der Waals surface area contributed by atoms with Crippen molar-refractivity contribution in [2.75, 3.05) is 6.54 Å². The average molecular weight is 521 g/mol. The summed E-state index contributed by atoms with van der Waals surface area (Å²) in [5.74, 6) is -2.10. The second-order valence-corrected chi connectivity index (χ2v) is 11.5. The summed E-state index contributed by atoms with van der Waals surface area (Å²) in [5.41, 5.74) is 0.868. The number of benzene rings is 2. The lowest BCUT2D eigenvalue weighted by molar-refractivity contribution is -0.142. The van der Waals surface area contributed by atoms with Crippen molar-refractivity contribution >= 4 is 39.7 Å². The van der Waals surface area contributed by atoms with Crippen LogP contribution in [0.4, 0.5) is 4.79 Å². The second-order valence-electron chi connectivity index (χ2n) is 7.98. The third-order valence-electron chi connectivity index (χ3n) is 5.45. The monoisotopic (exact) mass is 520 g/mol. The van der Waals surface area contributed by atoms with E-state index >= 15 is 0 Å². The number of carboxylic acid groups (broad SMARTS) is 1. The molecule has 4 N–H and O–H groups in total. The van der Waals surface area contributed by atoms with Crippen LogP contribution in [0, 0.1) is 0 Å². The number of urea groups is 1. The molecule has 35 heavy (non-hydrogen) atoms. The molecule has 1 aliphatic rings. The van der Waals surface area contributed by atoms with Gasteiger partial charge >= 0.3 is 12.0 Å². The van der Waals surface area contributed by atoms with Crippen molar-refractivity contribution in [3.63, 3.8) is 0 Å². The smallest absolute Gasteiger partial charge is 0.328 e. The van der Waals surface area contributed by atoms with Crippen LogP contribution in [-0.2, 0) is 26.2 Å². The van der Waals surface area contributed by atoms with Crippen molar-refractivity contribution in [2.24, 2.45) is 0 Å². The van der Waals surface area contributed by atoms with Gasteiger partial charge < -0.3 is 21.1 Å². The van der Waals surface area contributed by atoms with Crippen LogP contribution in [0.3, 0.4) is 0 Å². The van der Waals surface area contributed by atoms with Crippen molar-refractivity contribution < 1.29 is 27.9 Å². The van der Waals surface area contributed by atoms with Crippen molar-refractivity contribution in [3.8, 4) is 0 Å². The highest BCUT2D eigenvalue weighted by molar-refractivity contribution is 8.02. The molecule has 0 radical (unpaired) electrons. The van der Waals surface area contributed by atoms with E-state index in [1.807, 2.05) is 30.3 Å². The Morgan fingerprint density at radius 1 is 1.00 bits per heavy atom. The largest absolute Gasteiger partial charge is 0.480 e. The van der Waals surface area contributed by atoms with Gasteiger partial charge in [-0.1, -0.05) is 55.5 Å². The predicted octanol–water partition coefficient (Wildman–Crippen LogP) is 1.60. The Labute approximate surface area is 208 Å². The van der Waals surface area contributed by atoms with E-state index in [0.29, 0.717) is 0 Å². The Morgan fingerprint density at radius 2 is 1.60 bits per heavy atom. The van der Waals surface area contributed by atoms with Crippen LogP contribution >= 0.6 is 11.8 Å². The zero-order chi connectivity index (χ0) is 25.6. The van der Waals surface area contributed by atoms with E-state index in [1.54, 1.807) is 32.0 Å². The third kappa shape index (κ3) is 6.53. The summed E-state index contributed by atoms with van der Waals surface area (Å²) in [6.07, 6.45) is 0. The molecule has 1 aliphatic heterocycles. The first-order valence-corrected chi connectivity index (χ1v) is 13.3. The van der Waals surface area contributed by atoms with Gasteiger partial charge in [-0.25, -0.2) is 18.0 Å². The number of nitrogens with one attached hydrogen (secondary N) is 3. The minimum atomic E-state index is -4.01. The molecule has 0 bridgehead atoms. The van der Waals surface area contributed by atoms with E-state index in [0.717, 1.165) is 9.87 Å². The van der Waals surface area contributed by atoms with Gasteiger partial charge in [0.05, 0.1) is 16.8 Å². The third-order valence-corrected chi connectivity index (χ3v) is 8.86. The molecule has 3 rings (SSSR count). The number of carbonyl (C=O) groups is 3. The maximum atomic E-state index is 13.3. The molecule has 3 amide bonds. The molecule has 2 aromatic rings. The van der Waals surface area contributed by atoms with Gasteiger partial charge in [0.15, 0.2) is 0 Å². The Balaban J connectivity index is 1.66. The predicted molar refractivity (Wildman–Crippen MR) is 132 cm³/mol. The number of sulfonamides is 1. The Kier molecular flexibility index (Phi) is 8.76. The van der Waals surface area contributed by atoms with E-state index in [1.165, 1.54) is 23.9 Å². The summed E-state index contributed by atoms with van der Waals surface area (Å²) in [6.45, 7) is 3.27. The first-order valence-electron chi connectivity index (χ1n) is 10.9. The van der Waals surface area contributed by atoms with Crippen LogP contribution in [0.25, 0.3) is 0 Å². The summed E-state index contributed by atoms with van der Waals surface area (Å²) in [6, 6.07) is 13.8. The van der Waals surface area contributed by atoms with Crippen LogP contribution < -0.4 is 16.0 Å². The molecule has 12 heteroatoms. The zero-order valence-corrected chi connectivity index (χ0v) is 20.9. The number of carbonyl (C=O) groups excluding carboxylic acids is 2. The molecule has 0 saturated carbocycles. The van der Waals surface area contributed by atoms with Gasteiger partial charge in [0.25, 0.3) is 0 Å². The molecule has 188 valence electrons. The van der Waals surface area contributed by atoms with Gasteiger partial charge in [-0.05, 0) is 24.6 Å². The molecule has 10 nitrogen and oxygen atoms in total. The molecule has 1 heterocycles. The van der Waals surface area contributed by atoms with Crippen molar-refractivity contribution in [3.05, 3.63) is 66.2 Å². The summed E-state index contributed by atoms with van der Waals surface area (Å²) < 4.78 is 27.7. The van der Waals surface area contributed by atoms with Gasteiger partial charge in [0.2, 0.25) is 15.9 Å². The van der Waals surface area contributed by atoms with Crippen LogP contribution in [0.2, 0.25) is 0 Å². The van der Waals surface area contributed by atoms with Crippen LogP contribution in [0.1, 0.15) is 19.4 Å². The molecule has 1 unspecified atom stereocenters. The highest BCUT2D eigenvalue weighted by Crippen LogP contribution is 2.39. The number of nitrogens with zero attached hydrogens (tertiary/aromatic N) is 1. The summed E-state index contributed by atoms with van der Waals surface area (Å²) >= 11 is 1.30. The van der Waals surface area contributed by atoms with Gasteiger partial charge in [-0.3, -0.25) is 4.79 Å². The van der Waals surface area contributed by atoms with Crippen LogP contribution in [0.15, 0.2) is 65.6 Å². The van der Waals surface area contributed by atoms with Gasteiger partial charge in [0, 0.05) is 11.8 Å². The molecule has 4 atom stereocenters. The van der Waals surface area contributed by atoms with E-state index in [9.17, 15) is 27.9 Å². The lowest BCUT2D eigenvalue weighted by Gasteiger charge is -2.28. The van der Waals surface area contributed by atoms with Crippen molar-refractivity contribution in [1.82, 2.24) is 20.3 Å². The number of hydrogen-bond acceptors (Lipinski definition) is 6. The Hall–Kier alpha value is -3.09. The van der Waals surface area contributed by atoms with Gasteiger partial charge in [-0.15, -0.1) is 11.8 Å². The molecule has 1 fully saturated rings. The number of thioether (sulfide) groups is 1. The minimum absolute atomic E-state index is 0.0471. The topological polar surface area (TPSA) is 145 Å². The number of aliphatic carboxylic acids is 1. The first-order chi connectivity index (χ1) is 16.6. The van der Waals surface area contributed by atoms with E-state index < -0.39 is 50.6 Å². The summed E-state index contributed by atoms with van der Waals surface area (Å²) in [7, 11) is -4.01. The molecule has 1 saturated heterocycles. The first kappa shape index (κ1) is 26.5. The van der Waals surface area contributed by atoms with Crippen molar-refractivity contribution in [2.45, 2.75) is 48.0 Å². The number of carboxylic acids is 1. The minimum Gasteiger partial charge on any atom is -0.480 e. The maximum absolute atomic E-state index is 13.3. The quantitative estimate of drug-likeness (QED) is 0.393. The zero-order valence-electron chi connectivity index (χ0n) is 19.2. The highest BCUT2D eigenvalue weighted by Gasteiger charge is 2.49. The molecule has 2 aromatic carbocycles. The number of amides is 3. The van der Waals surface area contributed by atoms with Gasteiger partial charge in [0.1, 0.15) is 12.1 Å². The Bertz CT molecular complexity index is 1150. The van der Waals surface area contributed by atoms with E-state index in [-0.39, 0.29) is 18.0 Å². The standard InChI is InChI=1S/C23H28N4O6S2/c1-15-20(27(16(2)34-15)35(32,33)18-11-7-4-8-12-18)21(28)26-19(22(29)30)14-25-23(31)24-13-17-9-5-3-6-10-17/h3-12,15-16,19-20H,13-14H2,1-2H3,(H,26,28)(H,29,30)(H2,24,25,31)/t15?,16-,19+,20+/m1/s1. The van der Waals surface area contributed by atoms with E-state index in [2.05, 4.69) is 16.0 Å². The average Bonchev–Trinajstić information content (AvgIpc) is 3.15. The van der Waals surface area contributed by atoms with Crippen LogP contribution in [-0.4, -0.2) is 65.0 Å².